The Hall–Kier alpha value is -1.58. The number of aryl methyl sites for hydroxylation is 1. The molecule has 0 N–H and O–H groups in total. The van der Waals surface area contributed by atoms with Crippen LogP contribution in [0.1, 0.15) is 11.4 Å². The molecule has 0 radical (unpaired) electrons. The number of aromatic nitrogens is 2. The molecule has 0 aliphatic rings. The van der Waals surface area contributed by atoms with Gasteiger partial charge in [-0.1, -0.05) is 29.8 Å². The summed E-state index contributed by atoms with van der Waals surface area (Å²) < 4.78 is 15.5. The number of hydrogen-bond acceptors (Lipinski definition) is 1. The third kappa shape index (κ3) is 2.89. The maximum atomic E-state index is 13.5. The molecule has 2 aromatic carbocycles. The van der Waals surface area contributed by atoms with Crippen molar-refractivity contribution >= 4 is 34.2 Å². The second-order valence-corrected chi connectivity index (χ2v) is 5.56. The highest BCUT2D eigenvalue weighted by Crippen LogP contribution is 2.23. The van der Waals surface area contributed by atoms with Crippen LogP contribution in [0.2, 0.25) is 5.02 Å². The summed E-state index contributed by atoms with van der Waals surface area (Å²) in [5.74, 6) is 1.03. The van der Waals surface area contributed by atoms with Crippen molar-refractivity contribution in [2.45, 2.75) is 13.0 Å². The van der Waals surface area contributed by atoms with Crippen LogP contribution in [-0.4, -0.2) is 15.4 Å². The molecule has 0 spiro atoms. The van der Waals surface area contributed by atoms with E-state index >= 15 is 0 Å². The molecule has 1 heterocycles. The van der Waals surface area contributed by atoms with Crippen LogP contribution in [0.3, 0.4) is 0 Å². The van der Waals surface area contributed by atoms with Gasteiger partial charge in [-0.25, -0.2) is 9.37 Å². The Bertz CT molecular complexity index is 783. The van der Waals surface area contributed by atoms with E-state index in [-0.39, 0.29) is 5.82 Å². The van der Waals surface area contributed by atoms with Crippen molar-refractivity contribution in [1.82, 2.24) is 9.55 Å². The Balaban J connectivity index is 2.12. The summed E-state index contributed by atoms with van der Waals surface area (Å²) in [6, 6.07) is 12.2. The van der Waals surface area contributed by atoms with E-state index in [1.807, 2.05) is 28.8 Å². The summed E-state index contributed by atoms with van der Waals surface area (Å²) in [5.41, 5.74) is 2.50. The molecule has 2 nitrogen and oxygen atoms in total. The highest BCUT2D eigenvalue weighted by atomic mass is 35.5. The van der Waals surface area contributed by atoms with Gasteiger partial charge in [-0.15, -0.1) is 11.6 Å². The van der Waals surface area contributed by atoms with Crippen LogP contribution in [-0.2, 0) is 13.0 Å². The molecule has 3 rings (SSSR count). The van der Waals surface area contributed by atoms with Gasteiger partial charge in [0.1, 0.15) is 11.6 Å². The minimum atomic E-state index is -0.278. The van der Waals surface area contributed by atoms with Crippen LogP contribution in [0.15, 0.2) is 42.5 Å². The minimum absolute atomic E-state index is 0.278. The Morgan fingerprint density at radius 1 is 1.14 bits per heavy atom. The lowest BCUT2D eigenvalue weighted by Gasteiger charge is -2.10. The second kappa shape index (κ2) is 6.04. The third-order valence-electron chi connectivity index (χ3n) is 3.39. The fourth-order valence-corrected chi connectivity index (χ4v) is 2.76. The molecule has 0 bridgehead atoms. The van der Waals surface area contributed by atoms with Gasteiger partial charge in [-0.3, -0.25) is 0 Å². The van der Waals surface area contributed by atoms with Crippen molar-refractivity contribution in [3.63, 3.8) is 0 Å². The van der Waals surface area contributed by atoms with E-state index in [1.54, 1.807) is 6.07 Å². The monoisotopic (exact) mass is 322 g/mol. The molecule has 21 heavy (non-hydrogen) atoms. The van der Waals surface area contributed by atoms with Crippen LogP contribution in [0.25, 0.3) is 11.0 Å². The van der Waals surface area contributed by atoms with Gasteiger partial charge < -0.3 is 4.57 Å². The summed E-state index contributed by atoms with van der Waals surface area (Å²) in [5, 5.41) is 0.688. The molecule has 0 saturated heterocycles. The average molecular weight is 323 g/mol. The van der Waals surface area contributed by atoms with Crippen molar-refractivity contribution in [3.05, 3.63) is 64.7 Å². The zero-order chi connectivity index (χ0) is 14.8. The van der Waals surface area contributed by atoms with Gasteiger partial charge in [0.05, 0.1) is 17.6 Å². The lowest BCUT2D eigenvalue weighted by molar-refractivity contribution is 0.628. The van der Waals surface area contributed by atoms with E-state index in [0.29, 0.717) is 23.9 Å². The van der Waals surface area contributed by atoms with Gasteiger partial charge in [0.15, 0.2) is 0 Å². The van der Waals surface area contributed by atoms with E-state index in [9.17, 15) is 4.39 Å². The second-order valence-electron chi connectivity index (χ2n) is 4.78. The zero-order valence-electron chi connectivity index (χ0n) is 11.2. The quantitative estimate of drug-likeness (QED) is 0.639. The SMILES string of the molecule is Fc1ccc2nc(CCCl)n(Cc3ccccc3Cl)c2c1. The molecule has 0 saturated carbocycles. The standard InChI is InChI=1S/C16H13Cl2FN2/c17-8-7-16-20-14-6-5-12(19)9-15(14)21(16)10-11-3-1-2-4-13(11)18/h1-6,9H,7-8,10H2. The zero-order valence-corrected chi connectivity index (χ0v) is 12.7. The fraction of sp³-hybridized carbons (Fsp3) is 0.188. The van der Waals surface area contributed by atoms with E-state index in [4.69, 9.17) is 23.2 Å². The normalized spacial score (nSPS) is 11.2. The van der Waals surface area contributed by atoms with Crippen LogP contribution in [0.5, 0.6) is 0 Å². The van der Waals surface area contributed by atoms with E-state index in [1.165, 1.54) is 12.1 Å². The first-order valence-electron chi connectivity index (χ1n) is 6.63. The van der Waals surface area contributed by atoms with E-state index in [2.05, 4.69) is 4.98 Å². The highest BCUT2D eigenvalue weighted by Gasteiger charge is 2.12. The first-order chi connectivity index (χ1) is 10.2. The molecular weight excluding hydrogens is 310 g/mol. The molecule has 3 aromatic rings. The number of rotatable bonds is 4. The van der Waals surface area contributed by atoms with Crippen LogP contribution >= 0.6 is 23.2 Å². The van der Waals surface area contributed by atoms with Crippen molar-refractivity contribution < 1.29 is 4.39 Å². The molecule has 0 unspecified atom stereocenters. The number of fused-ring (bicyclic) bond motifs is 1. The Labute approximate surface area is 132 Å². The average Bonchev–Trinajstić information content (AvgIpc) is 2.79. The van der Waals surface area contributed by atoms with Crippen LogP contribution in [0.4, 0.5) is 4.39 Å². The Kier molecular flexibility index (Phi) is 4.13. The van der Waals surface area contributed by atoms with Crippen molar-refractivity contribution in [3.8, 4) is 0 Å². The molecule has 0 aliphatic carbocycles. The predicted molar refractivity (Wildman–Crippen MR) is 84.7 cm³/mol. The minimum Gasteiger partial charge on any atom is -0.323 e. The smallest absolute Gasteiger partial charge is 0.125 e. The summed E-state index contributed by atoms with van der Waals surface area (Å²) in [6.07, 6.45) is 0.627. The van der Waals surface area contributed by atoms with Crippen molar-refractivity contribution in [2.24, 2.45) is 0 Å². The molecule has 108 valence electrons. The van der Waals surface area contributed by atoms with Gasteiger partial charge >= 0.3 is 0 Å². The first kappa shape index (κ1) is 14.4. The van der Waals surface area contributed by atoms with Crippen LogP contribution < -0.4 is 0 Å². The predicted octanol–water partition coefficient (Wildman–Crippen LogP) is 4.66. The molecule has 0 fully saturated rings. The number of imidazole rings is 1. The summed E-state index contributed by atoms with van der Waals surface area (Å²) in [7, 11) is 0. The first-order valence-corrected chi connectivity index (χ1v) is 7.54. The Morgan fingerprint density at radius 2 is 1.95 bits per heavy atom. The van der Waals surface area contributed by atoms with Crippen molar-refractivity contribution in [1.29, 1.82) is 0 Å². The lowest BCUT2D eigenvalue weighted by atomic mass is 10.2. The van der Waals surface area contributed by atoms with Gasteiger partial charge in [-0.2, -0.15) is 0 Å². The Morgan fingerprint density at radius 3 is 2.71 bits per heavy atom. The number of alkyl halides is 1. The molecule has 0 amide bonds. The summed E-state index contributed by atoms with van der Waals surface area (Å²) >= 11 is 12.1. The third-order valence-corrected chi connectivity index (χ3v) is 3.95. The molecule has 0 atom stereocenters. The van der Waals surface area contributed by atoms with Crippen LogP contribution in [0, 0.1) is 5.82 Å². The van der Waals surface area contributed by atoms with Gasteiger partial charge in [0, 0.05) is 17.3 Å². The number of nitrogens with zero attached hydrogens (tertiary/aromatic N) is 2. The van der Waals surface area contributed by atoms with E-state index in [0.717, 1.165) is 22.4 Å². The summed E-state index contributed by atoms with van der Waals surface area (Å²) in [4.78, 5) is 4.54. The summed E-state index contributed by atoms with van der Waals surface area (Å²) in [6.45, 7) is 0.547. The number of benzene rings is 2. The van der Waals surface area contributed by atoms with Gasteiger partial charge in [0.25, 0.3) is 0 Å². The highest BCUT2D eigenvalue weighted by molar-refractivity contribution is 6.31. The lowest BCUT2D eigenvalue weighted by Crippen LogP contribution is -2.06. The number of hydrogen-bond donors (Lipinski definition) is 0. The fourth-order valence-electron chi connectivity index (χ4n) is 2.39. The maximum absolute atomic E-state index is 13.5. The van der Waals surface area contributed by atoms with Crippen molar-refractivity contribution in [2.75, 3.05) is 5.88 Å². The maximum Gasteiger partial charge on any atom is 0.125 e. The van der Waals surface area contributed by atoms with E-state index < -0.39 is 0 Å². The molecule has 0 aliphatic heterocycles. The number of halogens is 3. The molecule has 5 heteroatoms. The largest absolute Gasteiger partial charge is 0.323 e. The topological polar surface area (TPSA) is 17.8 Å². The van der Waals surface area contributed by atoms with Gasteiger partial charge in [0.2, 0.25) is 0 Å². The molecular formula is C16H13Cl2FN2. The van der Waals surface area contributed by atoms with Gasteiger partial charge in [-0.05, 0) is 29.8 Å². The molecule has 1 aromatic heterocycles.